The lowest BCUT2D eigenvalue weighted by Gasteiger charge is -2.11. The number of nitrogens with one attached hydrogen (secondary N) is 4. The first-order chi connectivity index (χ1) is 12.6. The average molecular weight is 416 g/mol. The van der Waals surface area contributed by atoms with E-state index in [2.05, 4.69) is 51.8 Å². The number of carbonyl (C=O) groups excluding carboxylic acids is 1. The minimum atomic E-state index is -0.120. The Kier molecular flexibility index (Phi) is 5.80. The number of H-pyrrole nitrogens is 1. The summed E-state index contributed by atoms with van der Waals surface area (Å²) in [5.74, 6) is 1.02. The Labute approximate surface area is 159 Å². The molecule has 1 amide bonds. The van der Waals surface area contributed by atoms with Crippen LogP contribution in [0.25, 0.3) is 0 Å². The average Bonchev–Trinajstić information content (AvgIpc) is 3.11. The molecule has 0 aliphatic rings. The lowest BCUT2D eigenvalue weighted by Crippen LogP contribution is -2.09. The zero-order valence-electron chi connectivity index (χ0n) is 14.1. The molecular formula is C17H18BrN7O. The Morgan fingerprint density at radius 3 is 2.88 bits per heavy atom. The van der Waals surface area contributed by atoms with E-state index in [0.717, 1.165) is 22.3 Å². The van der Waals surface area contributed by atoms with E-state index in [1.807, 2.05) is 30.5 Å². The number of imidazole rings is 1. The highest BCUT2D eigenvalue weighted by atomic mass is 79.9. The van der Waals surface area contributed by atoms with Gasteiger partial charge in [-0.05, 0) is 34.1 Å². The molecule has 0 aliphatic heterocycles. The van der Waals surface area contributed by atoms with Crippen LogP contribution in [0.3, 0.4) is 0 Å². The fraction of sp³-hybridized carbons (Fsp3) is 0.176. The van der Waals surface area contributed by atoms with E-state index in [1.54, 1.807) is 12.5 Å². The predicted octanol–water partition coefficient (Wildman–Crippen LogP) is 3.32. The van der Waals surface area contributed by atoms with Gasteiger partial charge in [-0.2, -0.15) is 4.98 Å². The minimum absolute atomic E-state index is 0.120. The normalized spacial score (nSPS) is 10.4. The number of anilines is 4. The molecule has 0 atom stereocenters. The van der Waals surface area contributed by atoms with E-state index in [9.17, 15) is 4.79 Å². The molecule has 0 spiro atoms. The SMILES string of the molecule is CC(=O)Nc1cccc(Nc2ncc(Br)c(NCCc3c[nH]cn3)n2)c1. The van der Waals surface area contributed by atoms with Crippen LogP contribution < -0.4 is 16.0 Å². The maximum atomic E-state index is 11.2. The molecule has 0 fully saturated rings. The van der Waals surface area contributed by atoms with Crippen molar-refractivity contribution in [1.29, 1.82) is 0 Å². The summed E-state index contributed by atoms with van der Waals surface area (Å²) in [6.45, 7) is 2.16. The first kappa shape index (κ1) is 17.9. The molecule has 2 heterocycles. The highest BCUT2D eigenvalue weighted by Crippen LogP contribution is 2.23. The van der Waals surface area contributed by atoms with Gasteiger partial charge >= 0.3 is 0 Å². The van der Waals surface area contributed by atoms with Gasteiger partial charge < -0.3 is 20.9 Å². The van der Waals surface area contributed by atoms with Crippen molar-refractivity contribution in [1.82, 2.24) is 19.9 Å². The molecule has 0 aliphatic carbocycles. The standard InChI is InChI=1S/C17H18BrN7O/c1-11(26)23-12-3-2-4-13(7-12)24-17-21-9-15(18)16(25-17)20-6-5-14-8-19-10-22-14/h2-4,7-10H,5-6H2,1H3,(H,19,22)(H,23,26)(H2,20,21,24,25). The Morgan fingerprint density at radius 2 is 2.12 bits per heavy atom. The van der Waals surface area contributed by atoms with Crippen LogP contribution >= 0.6 is 15.9 Å². The highest BCUT2D eigenvalue weighted by Gasteiger charge is 2.06. The lowest BCUT2D eigenvalue weighted by atomic mass is 10.2. The Morgan fingerprint density at radius 1 is 1.27 bits per heavy atom. The minimum Gasteiger partial charge on any atom is -0.369 e. The van der Waals surface area contributed by atoms with Crippen molar-refractivity contribution >= 4 is 45.0 Å². The van der Waals surface area contributed by atoms with Crippen molar-refractivity contribution in [3.63, 3.8) is 0 Å². The maximum Gasteiger partial charge on any atom is 0.229 e. The van der Waals surface area contributed by atoms with Gasteiger partial charge in [-0.1, -0.05) is 6.07 Å². The summed E-state index contributed by atoms with van der Waals surface area (Å²) in [5.41, 5.74) is 2.47. The summed E-state index contributed by atoms with van der Waals surface area (Å²) in [7, 11) is 0. The maximum absolute atomic E-state index is 11.2. The highest BCUT2D eigenvalue weighted by molar-refractivity contribution is 9.10. The van der Waals surface area contributed by atoms with E-state index < -0.39 is 0 Å². The quantitative estimate of drug-likeness (QED) is 0.471. The fourth-order valence-corrected chi connectivity index (χ4v) is 2.63. The van der Waals surface area contributed by atoms with Gasteiger partial charge in [0.2, 0.25) is 11.9 Å². The molecular weight excluding hydrogens is 398 g/mol. The molecule has 4 N–H and O–H groups in total. The number of amides is 1. The third-order valence-corrected chi connectivity index (χ3v) is 3.99. The third kappa shape index (κ3) is 5.03. The molecule has 0 saturated heterocycles. The van der Waals surface area contributed by atoms with Gasteiger partial charge in [0, 0.05) is 43.7 Å². The Balaban J connectivity index is 1.66. The van der Waals surface area contributed by atoms with Crippen molar-refractivity contribution in [3.8, 4) is 0 Å². The molecule has 0 radical (unpaired) electrons. The van der Waals surface area contributed by atoms with Crippen LogP contribution in [-0.2, 0) is 11.2 Å². The Hall–Kier alpha value is -2.94. The zero-order valence-corrected chi connectivity index (χ0v) is 15.7. The number of carbonyl (C=O) groups is 1. The van der Waals surface area contributed by atoms with Gasteiger partial charge in [0.15, 0.2) is 0 Å². The molecule has 8 nitrogen and oxygen atoms in total. The van der Waals surface area contributed by atoms with Crippen molar-refractivity contribution < 1.29 is 4.79 Å². The van der Waals surface area contributed by atoms with Gasteiger partial charge in [0.1, 0.15) is 5.82 Å². The fourth-order valence-electron chi connectivity index (χ4n) is 2.29. The second kappa shape index (κ2) is 8.43. The second-order valence-electron chi connectivity index (χ2n) is 5.51. The van der Waals surface area contributed by atoms with Crippen molar-refractivity contribution in [2.45, 2.75) is 13.3 Å². The molecule has 0 bridgehead atoms. The van der Waals surface area contributed by atoms with Crippen LogP contribution in [0, 0.1) is 0 Å². The number of aromatic nitrogens is 4. The summed E-state index contributed by atoms with van der Waals surface area (Å²) >= 11 is 3.45. The van der Waals surface area contributed by atoms with Crippen LogP contribution in [0.5, 0.6) is 0 Å². The van der Waals surface area contributed by atoms with Gasteiger partial charge in [0.05, 0.1) is 16.5 Å². The van der Waals surface area contributed by atoms with E-state index in [0.29, 0.717) is 24.0 Å². The topological polar surface area (TPSA) is 108 Å². The number of nitrogens with zero attached hydrogens (tertiary/aromatic N) is 3. The van der Waals surface area contributed by atoms with Crippen molar-refractivity contribution in [3.05, 3.63) is 53.2 Å². The van der Waals surface area contributed by atoms with Crippen LogP contribution in [0.4, 0.5) is 23.1 Å². The molecule has 2 aromatic heterocycles. The monoisotopic (exact) mass is 415 g/mol. The van der Waals surface area contributed by atoms with E-state index >= 15 is 0 Å². The van der Waals surface area contributed by atoms with Crippen molar-refractivity contribution in [2.75, 3.05) is 22.5 Å². The third-order valence-electron chi connectivity index (χ3n) is 3.41. The van der Waals surface area contributed by atoms with Crippen LogP contribution in [0.15, 0.2) is 47.5 Å². The lowest BCUT2D eigenvalue weighted by molar-refractivity contribution is -0.114. The van der Waals surface area contributed by atoms with Crippen LogP contribution in [-0.4, -0.2) is 32.4 Å². The predicted molar refractivity (Wildman–Crippen MR) is 105 cm³/mol. The summed E-state index contributed by atoms with van der Waals surface area (Å²) < 4.78 is 0.775. The van der Waals surface area contributed by atoms with Crippen LogP contribution in [0.2, 0.25) is 0 Å². The van der Waals surface area contributed by atoms with Crippen LogP contribution in [0.1, 0.15) is 12.6 Å². The van der Waals surface area contributed by atoms with E-state index in [-0.39, 0.29) is 5.91 Å². The molecule has 0 unspecified atom stereocenters. The molecule has 3 rings (SSSR count). The Bertz CT molecular complexity index is 883. The number of benzene rings is 1. The molecule has 134 valence electrons. The summed E-state index contributed by atoms with van der Waals surface area (Å²) in [6, 6.07) is 7.35. The number of rotatable bonds is 7. The second-order valence-corrected chi connectivity index (χ2v) is 6.37. The van der Waals surface area contributed by atoms with E-state index in [4.69, 9.17) is 0 Å². The smallest absolute Gasteiger partial charge is 0.229 e. The molecule has 26 heavy (non-hydrogen) atoms. The summed E-state index contributed by atoms with van der Waals surface area (Å²) in [6.07, 6.45) is 5.99. The van der Waals surface area contributed by atoms with Gasteiger partial charge in [-0.3, -0.25) is 4.79 Å². The number of aromatic amines is 1. The van der Waals surface area contributed by atoms with Gasteiger partial charge in [-0.25, -0.2) is 9.97 Å². The number of hydrogen-bond acceptors (Lipinski definition) is 6. The van der Waals surface area contributed by atoms with E-state index in [1.165, 1.54) is 6.92 Å². The largest absolute Gasteiger partial charge is 0.369 e. The zero-order chi connectivity index (χ0) is 18.4. The molecule has 0 saturated carbocycles. The summed E-state index contributed by atoms with van der Waals surface area (Å²) in [5, 5.41) is 9.15. The number of hydrogen-bond donors (Lipinski definition) is 4. The van der Waals surface area contributed by atoms with Gasteiger partial charge in [0.25, 0.3) is 0 Å². The summed E-state index contributed by atoms with van der Waals surface area (Å²) in [4.78, 5) is 27.0. The molecule has 1 aromatic carbocycles. The van der Waals surface area contributed by atoms with Gasteiger partial charge in [-0.15, -0.1) is 0 Å². The van der Waals surface area contributed by atoms with Crippen molar-refractivity contribution in [2.24, 2.45) is 0 Å². The molecule has 3 aromatic rings. The first-order valence-electron chi connectivity index (χ1n) is 7.99. The first-order valence-corrected chi connectivity index (χ1v) is 8.78. The number of halogens is 1. The molecule has 9 heteroatoms.